The first kappa shape index (κ1) is 26.6. The molecule has 32 heavy (non-hydrogen) atoms. The van der Waals surface area contributed by atoms with E-state index in [2.05, 4.69) is 5.32 Å². The van der Waals surface area contributed by atoms with Crippen molar-refractivity contribution in [3.05, 3.63) is 62.1 Å². The van der Waals surface area contributed by atoms with E-state index >= 15 is 0 Å². The van der Waals surface area contributed by atoms with Crippen molar-refractivity contribution in [2.75, 3.05) is 6.61 Å². The van der Waals surface area contributed by atoms with E-state index in [0.717, 1.165) is 6.42 Å². The van der Waals surface area contributed by atoms with Gasteiger partial charge in [-0.15, -0.1) is 0 Å². The van der Waals surface area contributed by atoms with E-state index in [1.807, 2.05) is 20.8 Å². The van der Waals surface area contributed by atoms with Gasteiger partial charge in [-0.2, -0.15) is 0 Å². The van der Waals surface area contributed by atoms with Crippen LogP contribution in [0.15, 0.2) is 36.4 Å². The Hall–Kier alpha value is -1.66. The number of amides is 2. The standard InChI is InChI=1S/C23H26Cl4N2O3/c1-4-14(3)28-23(31)20(5-2)29(12-16-17(25)7-6-8-18(16)26)22(30)13-32-21-10-9-15(24)11-19(21)27/h6-11,14,20H,4-5,12-13H2,1-3H3,(H,28,31). The molecule has 0 spiro atoms. The van der Waals surface area contributed by atoms with Crippen molar-refractivity contribution in [1.29, 1.82) is 0 Å². The molecular formula is C23H26Cl4N2O3. The highest BCUT2D eigenvalue weighted by molar-refractivity contribution is 6.36. The molecule has 0 aliphatic heterocycles. The Balaban J connectivity index is 2.30. The van der Waals surface area contributed by atoms with Crippen LogP contribution in [0.4, 0.5) is 0 Å². The summed E-state index contributed by atoms with van der Waals surface area (Å²) in [5, 5.41) is 4.51. The van der Waals surface area contributed by atoms with Crippen LogP contribution in [0.2, 0.25) is 20.1 Å². The number of hydrogen-bond donors (Lipinski definition) is 1. The van der Waals surface area contributed by atoms with Crippen molar-refractivity contribution >= 4 is 58.2 Å². The maximum absolute atomic E-state index is 13.2. The number of hydrogen-bond acceptors (Lipinski definition) is 3. The molecule has 5 nitrogen and oxygen atoms in total. The normalized spacial score (nSPS) is 12.7. The Kier molecular flexibility index (Phi) is 10.4. The zero-order valence-corrected chi connectivity index (χ0v) is 21.2. The van der Waals surface area contributed by atoms with Crippen LogP contribution in [-0.4, -0.2) is 35.4 Å². The van der Waals surface area contributed by atoms with Gasteiger partial charge in [-0.3, -0.25) is 9.59 Å². The summed E-state index contributed by atoms with van der Waals surface area (Å²) < 4.78 is 5.63. The minimum atomic E-state index is -0.729. The average Bonchev–Trinajstić information content (AvgIpc) is 2.74. The van der Waals surface area contributed by atoms with Crippen LogP contribution in [0.5, 0.6) is 5.75 Å². The van der Waals surface area contributed by atoms with Crippen molar-refractivity contribution in [2.24, 2.45) is 0 Å². The Labute approximate surface area is 208 Å². The van der Waals surface area contributed by atoms with Gasteiger partial charge in [-0.05, 0) is 50.1 Å². The topological polar surface area (TPSA) is 58.6 Å². The van der Waals surface area contributed by atoms with Gasteiger partial charge >= 0.3 is 0 Å². The van der Waals surface area contributed by atoms with Gasteiger partial charge in [-0.1, -0.05) is 66.3 Å². The molecule has 0 saturated heterocycles. The smallest absolute Gasteiger partial charge is 0.261 e. The van der Waals surface area contributed by atoms with Crippen LogP contribution in [0.1, 0.15) is 39.2 Å². The zero-order chi connectivity index (χ0) is 23.8. The lowest BCUT2D eigenvalue weighted by Crippen LogP contribution is -2.51. The number of halogens is 4. The Morgan fingerprint density at radius 3 is 2.22 bits per heavy atom. The minimum absolute atomic E-state index is 0.0264. The second kappa shape index (κ2) is 12.5. The second-order valence-corrected chi connectivity index (χ2v) is 8.99. The van der Waals surface area contributed by atoms with Gasteiger partial charge in [-0.25, -0.2) is 0 Å². The molecule has 2 aromatic carbocycles. The van der Waals surface area contributed by atoms with E-state index in [4.69, 9.17) is 51.1 Å². The first-order valence-electron chi connectivity index (χ1n) is 10.3. The highest BCUT2D eigenvalue weighted by Gasteiger charge is 2.30. The molecule has 2 amide bonds. The highest BCUT2D eigenvalue weighted by Crippen LogP contribution is 2.29. The number of carbonyl (C=O) groups excluding carboxylic acids is 2. The third kappa shape index (κ3) is 7.17. The number of carbonyl (C=O) groups is 2. The molecule has 2 aromatic rings. The van der Waals surface area contributed by atoms with Crippen molar-refractivity contribution < 1.29 is 14.3 Å². The van der Waals surface area contributed by atoms with E-state index in [-0.39, 0.29) is 30.1 Å². The molecule has 0 heterocycles. The summed E-state index contributed by atoms with van der Waals surface area (Å²) >= 11 is 24.7. The van der Waals surface area contributed by atoms with Crippen molar-refractivity contribution in [1.82, 2.24) is 10.2 Å². The molecule has 0 saturated carbocycles. The summed E-state index contributed by atoms with van der Waals surface area (Å²) in [6.07, 6.45) is 1.17. The maximum Gasteiger partial charge on any atom is 0.261 e. The fraction of sp³-hybridized carbons (Fsp3) is 0.391. The average molecular weight is 520 g/mol. The molecule has 1 N–H and O–H groups in total. The Morgan fingerprint density at radius 2 is 1.66 bits per heavy atom. The maximum atomic E-state index is 13.2. The number of rotatable bonds is 10. The van der Waals surface area contributed by atoms with Crippen LogP contribution in [0, 0.1) is 0 Å². The molecule has 9 heteroatoms. The van der Waals surface area contributed by atoms with E-state index in [1.165, 1.54) is 11.0 Å². The van der Waals surface area contributed by atoms with Gasteiger partial charge in [0, 0.05) is 33.2 Å². The van der Waals surface area contributed by atoms with Gasteiger partial charge in [0.15, 0.2) is 6.61 Å². The van der Waals surface area contributed by atoms with E-state index in [9.17, 15) is 9.59 Å². The zero-order valence-electron chi connectivity index (χ0n) is 18.1. The van der Waals surface area contributed by atoms with Crippen molar-refractivity contribution in [2.45, 2.75) is 52.2 Å². The first-order valence-corrected chi connectivity index (χ1v) is 11.8. The summed E-state index contributed by atoms with van der Waals surface area (Å²) in [6.45, 7) is 5.46. The first-order chi connectivity index (χ1) is 15.2. The molecule has 174 valence electrons. The van der Waals surface area contributed by atoms with E-state index in [0.29, 0.717) is 32.8 Å². The van der Waals surface area contributed by atoms with Gasteiger partial charge in [0.05, 0.1) is 5.02 Å². The fourth-order valence-electron chi connectivity index (χ4n) is 3.03. The summed E-state index contributed by atoms with van der Waals surface area (Å²) in [7, 11) is 0. The molecule has 2 rings (SSSR count). The fourth-order valence-corrected chi connectivity index (χ4v) is 4.01. The molecule has 0 aliphatic carbocycles. The number of benzene rings is 2. The van der Waals surface area contributed by atoms with Gasteiger partial charge in [0.2, 0.25) is 5.91 Å². The van der Waals surface area contributed by atoms with E-state index in [1.54, 1.807) is 30.3 Å². The number of nitrogens with one attached hydrogen (secondary N) is 1. The number of nitrogens with zero attached hydrogens (tertiary/aromatic N) is 1. The SMILES string of the molecule is CCC(C)NC(=O)C(CC)N(Cc1c(Cl)cccc1Cl)C(=O)COc1ccc(Cl)cc1Cl. The molecule has 0 bridgehead atoms. The molecule has 0 fully saturated rings. The minimum Gasteiger partial charge on any atom is -0.482 e. The molecule has 2 atom stereocenters. The summed E-state index contributed by atoms with van der Waals surface area (Å²) in [6, 6.07) is 9.07. The van der Waals surface area contributed by atoms with Crippen LogP contribution in [0.3, 0.4) is 0 Å². The Morgan fingerprint density at radius 1 is 1.00 bits per heavy atom. The summed E-state index contributed by atoms with van der Waals surface area (Å²) in [4.78, 5) is 27.7. The third-order valence-corrected chi connectivity index (χ3v) is 6.26. The second-order valence-electron chi connectivity index (χ2n) is 7.33. The van der Waals surface area contributed by atoms with Crippen molar-refractivity contribution in [3.63, 3.8) is 0 Å². The number of ether oxygens (including phenoxy) is 1. The molecular weight excluding hydrogens is 494 g/mol. The van der Waals surface area contributed by atoms with Gasteiger partial charge < -0.3 is 15.0 Å². The lowest BCUT2D eigenvalue weighted by Gasteiger charge is -2.32. The molecule has 0 aliphatic rings. The lowest BCUT2D eigenvalue weighted by molar-refractivity contribution is -0.143. The Bertz CT molecular complexity index is 935. The quantitative estimate of drug-likeness (QED) is 0.395. The summed E-state index contributed by atoms with van der Waals surface area (Å²) in [5.41, 5.74) is 0.559. The predicted molar refractivity (Wildman–Crippen MR) is 131 cm³/mol. The summed E-state index contributed by atoms with van der Waals surface area (Å²) in [5.74, 6) is -0.335. The van der Waals surface area contributed by atoms with Crippen LogP contribution in [-0.2, 0) is 16.1 Å². The highest BCUT2D eigenvalue weighted by atomic mass is 35.5. The van der Waals surface area contributed by atoms with Crippen LogP contribution < -0.4 is 10.1 Å². The monoisotopic (exact) mass is 518 g/mol. The molecule has 2 unspecified atom stereocenters. The largest absolute Gasteiger partial charge is 0.482 e. The van der Waals surface area contributed by atoms with Crippen LogP contribution >= 0.6 is 46.4 Å². The predicted octanol–water partition coefficient (Wildman–Crippen LogP) is 6.40. The third-order valence-electron chi connectivity index (χ3n) is 5.02. The van der Waals surface area contributed by atoms with Gasteiger partial charge in [0.1, 0.15) is 11.8 Å². The molecule has 0 radical (unpaired) electrons. The lowest BCUT2D eigenvalue weighted by atomic mass is 10.1. The van der Waals surface area contributed by atoms with E-state index < -0.39 is 11.9 Å². The van der Waals surface area contributed by atoms with Gasteiger partial charge in [0.25, 0.3) is 5.91 Å². The van der Waals surface area contributed by atoms with Crippen LogP contribution in [0.25, 0.3) is 0 Å². The molecule has 0 aromatic heterocycles. The van der Waals surface area contributed by atoms with Crippen molar-refractivity contribution in [3.8, 4) is 5.75 Å².